The second-order valence-electron chi connectivity index (χ2n) is 9.00. The van der Waals surface area contributed by atoms with E-state index in [1.165, 1.54) is 24.8 Å². The minimum Gasteiger partial charge on any atom is -0.369 e. The molecule has 2 fully saturated rings. The Balaban J connectivity index is 1.32. The first kappa shape index (κ1) is 23.3. The van der Waals surface area contributed by atoms with Gasteiger partial charge in [-0.2, -0.15) is 0 Å². The number of hydrogen-bond acceptors (Lipinski definition) is 4. The molecule has 3 amide bonds. The first-order chi connectivity index (χ1) is 15.0. The summed E-state index contributed by atoms with van der Waals surface area (Å²) in [6, 6.07) is 7.84. The number of anilines is 1. The minimum atomic E-state index is -0.206. The molecule has 0 bridgehead atoms. The van der Waals surface area contributed by atoms with Crippen LogP contribution in [0.5, 0.6) is 0 Å². The van der Waals surface area contributed by atoms with Gasteiger partial charge in [0, 0.05) is 24.6 Å². The van der Waals surface area contributed by atoms with Crippen molar-refractivity contribution in [3.63, 3.8) is 0 Å². The van der Waals surface area contributed by atoms with Gasteiger partial charge in [0.15, 0.2) is 0 Å². The number of hydrogen-bond donors (Lipinski definition) is 3. The number of rotatable bonds is 9. The van der Waals surface area contributed by atoms with Crippen LogP contribution in [0.25, 0.3) is 0 Å². The van der Waals surface area contributed by atoms with Crippen LogP contribution in [-0.2, 0) is 20.8 Å². The van der Waals surface area contributed by atoms with Gasteiger partial charge in [-0.25, -0.2) is 0 Å². The maximum absolute atomic E-state index is 12.1. The molecule has 7 nitrogen and oxygen atoms in total. The van der Waals surface area contributed by atoms with Gasteiger partial charge in [0.25, 0.3) is 0 Å². The average molecular weight is 429 g/mol. The lowest BCUT2D eigenvalue weighted by Crippen LogP contribution is -2.39. The highest BCUT2D eigenvalue weighted by molar-refractivity contribution is 5.94. The first-order valence-corrected chi connectivity index (χ1v) is 11.7. The molecule has 170 valence electrons. The molecular formula is C24H36N4O3. The molecule has 0 atom stereocenters. The van der Waals surface area contributed by atoms with Crippen LogP contribution in [0.2, 0.25) is 0 Å². The van der Waals surface area contributed by atoms with Gasteiger partial charge < -0.3 is 21.3 Å². The number of nitrogens with one attached hydrogen (secondary N) is 2. The molecule has 3 rings (SSSR count). The number of carbonyl (C=O) groups is 3. The second kappa shape index (κ2) is 11.8. The van der Waals surface area contributed by atoms with E-state index in [1.54, 1.807) is 0 Å². The maximum Gasteiger partial charge on any atom is 0.243 e. The molecule has 0 spiro atoms. The van der Waals surface area contributed by atoms with E-state index in [0.29, 0.717) is 12.3 Å². The summed E-state index contributed by atoms with van der Waals surface area (Å²) in [7, 11) is 0. The number of nitrogens with zero attached hydrogens (tertiary/aromatic N) is 1. The highest BCUT2D eigenvalue weighted by atomic mass is 16.2. The summed E-state index contributed by atoms with van der Waals surface area (Å²) in [5.74, 6) is 0.0791. The highest BCUT2D eigenvalue weighted by Crippen LogP contribution is 2.26. The van der Waals surface area contributed by atoms with Crippen molar-refractivity contribution in [1.29, 1.82) is 0 Å². The van der Waals surface area contributed by atoms with E-state index in [2.05, 4.69) is 15.5 Å². The number of amides is 3. The monoisotopic (exact) mass is 428 g/mol. The van der Waals surface area contributed by atoms with Gasteiger partial charge in [0.2, 0.25) is 17.7 Å². The van der Waals surface area contributed by atoms with E-state index in [1.807, 2.05) is 24.3 Å². The smallest absolute Gasteiger partial charge is 0.243 e. The summed E-state index contributed by atoms with van der Waals surface area (Å²) < 4.78 is 0. The van der Waals surface area contributed by atoms with Crippen LogP contribution in [0, 0.1) is 11.8 Å². The molecule has 0 unspecified atom stereocenters. The van der Waals surface area contributed by atoms with E-state index in [0.717, 1.165) is 57.4 Å². The zero-order valence-corrected chi connectivity index (χ0v) is 18.4. The average Bonchev–Trinajstić information content (AvgIpc) is 2.78. The number of nitrogens with two attached hydrogens (primary N) is 1. The van der Waals surface area contributed by atoms with Crippen molar-refractivity contribution >= 4 is 23.4 Å². The van der Waals surface area contributed by atoms with Crippen LogP contribution in [0.15, 0.2) is 24.3 Å². The van der Waals surface area contributed by atoms with Gasteiger partial charge in [-0.1, -0.05) is 31.4 Å². The van der Waals surface area contributed by atoms with Crippen LogP contribution in [0.4, 0.5) is 5.69 Å². The Labute approximate surface area is 185 Å². The predicted octanol–water partition coefficient (Wildman–Crippen LogP) is 2.45. The Morgan fingerprint density at radius 2 is 1.61 bits per heavy atom. The lowest BCUT2D eigenvalue weighted by molar-refractivity contribution is -0.125. The van der Waals surface area contributed by atoms with E-state index >= 15 is 0 Å². The third kappa shape index (κ3) is 7.98. The molecule has 1 aromatic rings. The molecule has 1 aliphatic heterocycles. The minimum absolute atomic E-state index is 0.00849. The lowest BCUT2D eigenvalue weighted by atomic mass is 9.87. The van der Waals surface area contributed by atoms with Crippen molar-refractivity contribution in [3.05, 3.63) is 29.8 Å². The van der Waals surface area contributed by atoms with E-state index in [9.17, 15) is 14.4 Å². The van der Waals surface area contributed by atoms with Gasteiger partial charge in [-0.05, 0) is 68.8 Å². The zero-order chi connectivity index (χ0) is 22.1. The molecule has 0 radical (unpaired) electrons. The third-order valence-electron chi connectivity index (χ3n) is 6.59. The molecular weight excluding hydrogens is 392 g/mol. The van der Waals surface area contributed by atoms with Crippen LogP contribution in [-0.4, -0.2) is 48.8 Å². The topological polar surface area (TPSA) is 105 Å². The van der Waals surface area contributed by atoms with E-state index in [4.69, 9.17) is 5.73 Å². The first-order valence-electron chi connectivity index (χ1n) is 11.7. The summed E-state index contributed by atoms with van der Waals surface area (Å²) in [5.41, 5.74) is 7.33. The van der Waals surface area contributed by atoms with Crippen molar-refractivity contribution in [2.45, 2.75) is 57.8 Å². The van der Waals surface area contributed by atoms with Crippen LogP contribution < -0.4 is 16.4 Å². The maximum atomic E-state index is 12.1. The quantitative estimate of drug-likeness (QED) is 0.562. The fourth-order valence-corrected chi connectivity index (χ4v) is 4.59. The Kier molecular flexibility index (Phi) is 8.88. The fourth-order valence-electron chi connectivity index (χ4n) is 4.59. The van der Waals surface area contributed by atoms with E-state index in [-0.39, 0.29) is 30.2 Å². The molecule has 1 aliphatic carbocycles. The molecule has 31 heavy (non-hydrogen) atoms. The summed E-state index contributed by atoms with van der Waals surface area (Å²) in [6.07, 6.45) is 9.08. The second-order valence-corrected chi connectivity index (χ2v) is 9.00. The molecule has 1 aromatic carbocycles. The number of primary amides is 1. The van der Waals surface area contributed by atoms with Gasteiger partial charge >= 0.3 is 0 Å². The predicted molar refractivity (Wildman–Crippen MR) is 121 cm³/mol. The standard InChI is InChI=1S/C24H36N4O3/c25-24(31)20-11-14-28(15-12-20)13-10-18-6-8-21(9-7-18)27-23(30)17-26-22(29)16-19-4-2-1-3-5-19/h6-9,19-20H,1-5,10-17H2,(H2,25,31)(H,26,29)(H,27,30). The number of carbonyl (C=O) groups excluding carboxylic acids is 3. The third-order valence-corrected chi connectivity index (χ3v) is 6.59. The van der Waals surface area contributed by atoms with Gasteiger partial charge in [0.05, 0.1) is 6.54 Å². The largest absolute Gasteiger partial charge is 0.369 e. The van der Waals surface area contributed by atoms with E-state index < -0.39 is 0 Å². The normalized spacial score (nSPS) is 18.5. The number of likely N-dealkylation sites (tertiary alicyclic amines) is 1. The lowest BCUT2D eigenvalue weighted by Gasteiger charge is -2.30. The van der Waals surface area contributed by atoms with Crippen molar-refractivity contribution in [3.8, 4) is 0 Å². The molecule has 1 heterocycles. The van der Waals surface area contributed by atoms with Gasteiger partial charge in [0.1, 0.15) is 0 Å². The van der Waals surface area contributed by atoms with Crippen LogP contribution in [0.3, 0.4) is 0 Å². The highest BCUT2D eigenvalue weighted by Gasteiger charge is 2.22. The van der Waals surface area contributed by atoms with Gasteiger partial charge in [-0.15, -0.1) is 0 Å². The van der Waals surface area contributed by atoms with Crippen molar-refractivity contribution in [2.75, 3.05) is 31.5 Å². The van der Waals surface area contributed by atoms with Crippen LogP contribution in [0.1, 0.15) is 56.9 Å². The number of piperidine rings is 1. The molecule has 4 N–H and O–H groups in total. The van der Waals surface area contributed by atoms with Crippen molar-refractivity contribution in [1.82, 2.24) is 10.2 Å². The molecule has 0 aromatic heterocycles. The zero-order valence-electron chi connectivity index (χ0n) is 18.4. The van der Waals surface area contributed by atoms with Crippen molar-refractivity contribution < 1.29 is 14.4 Å². The molecule has 2 aliphatic rings. The fraction of sp³-hybridized carbons (Fsp3) is 0.625. The Hall–Kier alpha value is -2.41. The SMILES string of the molecule is NC(=O)C1CCN(CCc2ccc(NC(=O)CNC(=O)CC3CCCCC3)cc2)CC1. The van der Waals surface area contributed by atoms with Crippen LogP contribution >= 0.6 is 0 Å². The molecule has 1 saturated heterocycles. The summed E-state index contributed by atoms with van der Waals surface area (Å²) in [6.45, 7) is 2.78. The Bertz CT molecular complexity index is 736. The summed E-state index contributed by atoms with van der Waals surface area (Å²) in [4.78, 5) is 37.8. The molecule has 1 saturated carbocycles. The summed E-state index contributed by atoms with van der Waals surface area (Å²) >= 11 is 0. The number of benzene rings is 1. The Morgan fingerprint density at radius 1 is 0.935 bits per heavy atom. The summed E-state index contributed by atoms with van der Waals surface area (Å²) in [5, 5.41) is 5.58. The van der Waals surface area contributed by atoms with Gasteiger partial charge in [-0.3, -0.25) is 14.4 Å². The molecule has 7 heteroatoms. The van der Waals surface area contributed by atoms with Crippen molar-refractivity contribution in [2.24, 2.45) is 17.6 Å². The Morgan fingerprint density at radius 3 is 2.26 bits per heavy atom.